The first-order valence-electron chi connectivity index (χ1n) is 5.49. The molecule has 1 aromatic carbocycles. The maximum atomic E-state index is 13.4. The van der Waals surface area contributed by atoms with E-state index in [1.165, 1.54) is 13.0 Å². The summed E-state index contributed by atoms with van der Waals surface area (Å²) in [5.74, 6) is -1.39. The summed E-state index contributed by atoms with van der Waals surface area (Å²) < 4.78 is 52.4. The van der Waals surface area contributed by atoms with Crippen molar-refractivity contribution in [2.24, 2.45) is 0 Å². The number of anilines is 2. The van der Waals surface area contributed by atoms with Crippen LogP contribution in [0.3, 0.4) is 0 Å². The van der Waals surface area contributed by atoms with Gasteiger partial charge in [0.1, 0.15) is 5.82 Å². The SMILES string of the molecule is Cc1cc(S(=O)(=O)Nc2ccc(F)nc2)cc(N)c1F. The molecule has 106 valence electrons. The molecule has 0 aliphatic rings. The average Bonchev–Trinajstić information content (AvgIpc) is 2.38. The first kappa shape index (κ1) is 14.2. The summed E-state index contributed by atoms with van der Waals surface area (Å²) in [6, 6.07) is 4.41. The number of nitrogens with zero attached hydrogens (tertiary/aromatic N) is 1. The van der Waals surface area contributed by atoms with Gasteiger partial charge in [-0.25, -0.2) is 17.8 Å². The standard InChI is InChI=1S/C12H11F2N3O2S/c1-7-4-9(5-10(15)12(7)14)20(18,19)17-8-2-3-11(13)16-6-8/h2-6,17H,15H2,1H3. The molecule has 2 aromatic rings. The highest BCUT2D eigenvalue weighted by Gasteiger charge is 2.17. The van der Waals surface area contributed by atoms with E-state index in [1.807, 2.05) is 0 Å². The van der Waals surface area contributed by atoms with Crippen LogP contribution in [0.1, 0.15) is 5.56 Å². The third-order valence-corrected chi connectivity index (χ3v) is 3.91. The lowest BCUT2D eigenvalue weighted by Gasteiger charge is -2.10. The maximum Gasteiger partial charge on any atom is 0.262 e. The van der Waals surface area contributed by atoms with Crippen molar-refractivity contribution in [1.29, 1.82) is 0 Å². The zero-order valence-corrected chi connectivity index (χ0v) is 11.2. The van der Waals surface area contributed by atoms with Crippen molar-refractivity contribution in [3.8, 4) is 0 Å². The van der Waals surface area contributed by atoms with Gasteiger partial charge in [-0.3, -0.25) is 4.72 Å². The lowest BCUT2D eigenvalue weighted by atomic mass is 10.2. The van der Waals surface area contributed by atoms with E-state index in [1.54, 1.807) is 0 Å². The normalized spacial score (nSPS) is 11.3. The molecule has 0 atom stereocenters. The van der Waals surface area contributed by atoms with Crippen LogP contribution in [0.5, 0.6) is 0 Å². The van der Waals surface area contributed by atoms with Gasteiger partial charge in [0.2, 0.25) is 5.95 Å². The molecule has 0 aliphatic carbocycles. The number of benzene rings is 1. The Bertz CT molecular complexity index is 723. The minimum absolute atomic E-state index is 0.0898. The van der Waals surface area contributed by atoms with E-state index in [0.29, 0.717) is 0 Å². The zero-order chi connectivity index (χ0) is 14.9. The van der Waals surface area contributed by atoms with Gasteiger partial charge in [0.25, 0.3) is 10.0 Å². The number of nitrogens with one attached hydrogen (secondary N) is 1. The second-order valence-corrected chi connectivity index (χ2v) is 5.80. The molecule has 0 spiro atoms. The third-order valence-electron chi connectivity index (χ3n) is 2.55. The predicted molar refractivity (Wildman–Crippen MR) is 70.6 cm³/mol. The predicted octanol–water partition coefficient (Wildman–Crippen LogP) is 2.05. The summed E-state index contributed by atoms with van der Waals surface area (Å²) in [5.41, 5.74) is 5.34. The number of hydrogen-bond acceptors (Lipinski definition) is 4. The van der Waals surface area contributed by atoms with Crippen LogP contribution in [0.15, 0.2) is 35.4 Å². The topological polar surface area (TPSA) is 85.1 Å². The fraction of sp³-hybridized carbons (Fsp3) is 0.0833. The second-order valence-electron chi connectivity index (χ2n) is 4.12. The third kappa shape index (κ3) is 2.85. The molecule has 0 unspecified atom stereocenters. The summed E-state index contributed by atoms with van der Waals surface area (Å²) >= 11 is 0. The van der Waals surface area contributed by atoms with Crippen molar-refractivity contribution in [2.45, 2.75) is 11.8 Å². The molecule has 8 heteroatoms. The van der Waals surface area contributed by atoms with Gasteiger partial charge < -0.3 is 5.73 Å². The van der Waals surface area contributed by atoms with Crippen molar-refractivity contribution in [3.63, 3.8) is 0 Å². The quantitative estimate of drug-likeness (QED) is 0.671. The van der Waals surface area contributed by atoms with Crippen molar-refractivity contribution >= 4 is 21.4 Å². The number of pyridine rings is 1. The molecule has 3 N–H and O–H groups in total. The Morgan fingerprint density at radius 3 is 2.50 bits per heavy atom. The first-order valence-corrected chi connectivity index (χ1v) is 6.98. The van der Waals surface area contributed by atoms with Crippen LogP contribution in [-0.2, 0) is 10.0 Å². The minimum Gasteiger partial charge on any atom is -0.396 e. The molecule has 20 heavy (non-hydrogen) atoms. The molecule has 5 nitrogen and oxygen atoms in total. The molecular formula is C12H11F2N3O2S. The van der Waals surface area contributed by atoms with Gasteiger partial charge >= 0.3 is 0 Å². The van der Waals surface area contributed by atoms with Crippen molar-refractivity contribution in [2.75, 3.05) is 10.5 Å². The molecule has 0 amide bonds. The van der Waals surface area contributed by atoms with Gasteiger partial charge in [0, 0.05) is 0 Å². The number of sulfonamides is 1. The van der Waals surface area contributed by atoms with E-state index in [2.05, 4.69) is 9.71 Å². The number of halogens is 2. The van der Waals surface area contributed by atoms with Crippen molar-refractivity contribution in [3.05, 3.63) is 47.8 Å². The van der Waals surface area contributed by atoms with Crippen LogP contribution in [0.4, 0.5) is 20.2 Å². The fourth-order valence-corrected chi connectivity index (χ4v) is 2.73. The van der Waals surface area contributed by atoms with Crippen LogP contribution in [0.25, 0.3) is 0 Å². The average molecular weight is 299 g/mol. The Kier molecular flexibility index (Phi) is 3.58. The number of hydrogen-bond donors (Lipinski definition) is 2. The molecule has 0 saturated carbocycles. The van der Waals surface area contributed by atoms with E-state index in [9.17, 15) is 17.2 Å². The molecular weight excluding hydrogens is 288 g/mol. The molecule has 0 radical (unpaired) electrons. The first-order chi connectivity index (χ1) is 9.29. The summed E-state index contributed by atoms with van der Waals surface area (Å²) in [6.07, 6.45) is 1.03. The smallest absolute Gasteiger partial charge is 0.262 e. The van der Waals surface area contributed by atoms with Crippen molar-refractivity contribution < 1.29 is 17.2 Å². The highest BCUT2D eigenvalue weighted by atomic mass is 32.2. The Morgan fingerprint density at radius 2 is 1.95 bits per heavy atom. The molecule has 0 aliphatic heterocycles. The summed E-state index contributed by atoms with van der Waals surface area (Å²) in [5, 5.41) is 0. The fourth-order valence-electron chi connectivity index (χ4n) is 1.57. The molecule has 0 bridgehead atoms. The van der Waals surface area contributed by atoms with Crippen molar-refractivity contribution in [1.82, 2.24) is 4.98 Å². The van der Waals surface area contributed by atoms with E-state index >= 15 is 0 Å². The highest BCUT2D eigenvalue weighted by molar-refractivity contribution is 7.92. The number of aromatic nitrogens is 1. The lowest BCUT2D eigenvalue weighted by molar-refractivity contribution is 0.583. The Morgan fingerprint density at radius 1 is 1.25 bits per heavy atom. The molecule has 0 fully saturated rings. The minimum atomic E-state index is -3.95. The van der Waals surface area contributed by atoms with Gasteiger partial charge in [-0.05, 0) is 36.8 Å². The number of aryl methyl sites for hydroxylation is 1. The lowest BCUT2D eigenvalue weighted by Crippen LogP contribution is -2.14. The molecule has 1 heterocycles. The summed E-state index contributed by atoms with van der Waals surface area (Å²) in [4.78, 5) is 3.15. The monoisotopic (exact) mass is 299 g/mol. The van der Waals surface area contributed by atoms with Gasteiger partial charge in [0.15, 0.2) is 0 Å². The summed E-state index contributed by atoms with van der Waals surface area (Å²) in [6.45, 7) is 1.41. The van der Waals surface area contributed by atoms with Gasteiger partial charge in [0.05, 0.1) is 22.5 Å². The van der Waals surface area contributed by atoms with E-state index in [4.69, 9.17) is 5.73 Å². The maximum absolute atomic E-state index is 13.4. The van der Waals surface area contributed by atoms with Crippen LogP contribution in [0, 0.1) is 18.7 Å². The Labute approximate surface area is 114 Å². The second kappa shape index (κ2) is 5.04. The largest absolute Gasteiger partial charge is 0.396 e. The Hall–Kier alpha value is -2.22. The Balaban J connectivity index is 2.38. The van der Waals surface area contributed by atoms with E-state index in [0.717, 1.165) is 24.4 Å². The highest BCUT2D eigenvalue weighted by Crippen LogP contribution is 2.22. The van der Waals surface area contributed by atoms with Crippen LogP contribution >= 0.6 is 0 Å². The molecule has 1 aromatic heterocycles. The van der Waals surface area contributed by atoms with Crippen LogP contribution in [-0.4, -0.2) is 13.4 Å². The van der Waals surface area contributed by atoms with Gasteiger partial charge in [-0.15, -0.1) is 0 Å². The molecule has 2 rings (SSSR count). The zero-order valence-electron chi connectivity index (χ0n) is 10.4. The van der Waals surface area contributed by atoms with E-state index < -0.39 is 21.8 Å². The van der Waals surface area contributed by atoms with Crippen LogP contribution < -0.4 is 10.5 Å². The van der Waals surface area contributed by atoms with Gasteiger partial charge in [-0.1, -0.05) is 0 Å². The van der Waals surface area contributed by atoms with Gasteiger partial charge in [-0.2, -0.15) is 4.39 Å². The number of rotatable bonds is 3. The summed E-state index contributed by atoms with van der Waals surface area (Å²) in [7, 11) is -3.95. The van der Waals surface area contributed by atoms with E-state index in [-0.39, 0.29) is 21.8 Å². The van der Waals surface area contributed by atoms with Crippen LogP contribution in [0.2, 0.25) is 0 Å². The number of nitrogen functional groups attached to an aromatic ring is 1. The molecule has 0 saturated heterocycles. The number of nitrogens with two attached hydrogens (primary N) is 1.